The summed E-state index contributed by atoms with van der Waals surface area (Å²) >= 11 is 0. The molecule has 0 aliphatic heterocycles. The van der Waals surface area contributed by atoms with Crippen LogP contribution in [0.4, 0.5) is 23.2 Å². The molecule has 0 spiro atoms. The van der Waals surface area contributed by atoms with E-state index < -0.39 is 17.7 Å². The van der Waals surface area contributed by atoms with Crippen LogP contribution in [-0.2, 0) is 6.18 Å². The number of aryl methyl sites for hydroxylation is 1. The Morgan fingerprint density at radius 1 is 1.19 bits per heavy atom. The van der Waals surface area contributed by atoms with Crippen molar-refractivity contribution in [1.29, 1.82) is 0 Å². The number of alkyl halides is 3. The molecule has 0 unspecified atom stereocenters. The number of fused-ring (bicyclic) bond motifs is 1. The van der Waals surface area contributed by atoms with Gasteiger partial charge < -0.3 is 5.32 Å². The molecule has 0 bridgehead atoms. The summed E-state index contributed by atoms with van der Waals surface area (Å²) in [4.78, 5) is 3.63. The summed E-state index contributed by atoms with van der Waals surface area (Å²) in [5.74, 6) is -0.592. The van der Waals surface area contributed by atoms with Gasteiger partial charge >= 0.3 is 6.18 Å². The van der Waals surface area contributed by atoms with Crippen molar-refractivity contribution in [3.63, 3.8) is 0 Å². The summed E-state index contributed by atoms with van der Waals surface area (Å²) in [5.41, 5.74) is 0.0281. The van der Waals surface area contributed by atoms with Crippen molar-refractivity contribution in [3.8, 4) is 0 Å². The van der Waals surface area contributed by atoms with Gasteiger partial charge in [-0.05, 0) is 31.9 Å². The Morgan fingerprint density at radius 3 is 2.43 bits per heavy atom. The van der Waals surface area contributed by atoms with Crippen LogP contribution < -0.4 is 5.32 Å². The number of anilines is 1. The zero-order chi connectivity index (χ0) is 15.8. The van der Waals surface area contributed by atoms with Crippen LogP contribution in [0, 0.1) is 19.7 Å². The van der Waals surface area contributed by atoms with E-state index >= 15 is 0 Å². The van der Waals surface area contributed by atoms with Gasteiger partial charge in [-0.1, -0.05) is 6.92 Å². The maximum atomic E-state index is 13.5. The maximum absolute atomic E-state index is 13.5. The van der Waals surface area contributed by atoms with Gasteiger partial charge in [-0.15, -0.1) is 0 Å². The standard InChI is InChI=1S/C15H16F4N2/c1-4-5-20-13-9(3)14(15(17,18)19)21-11-7-10(16)6-8(2)12(11)13/h6-7H,4-5H2,1-3H3,(H,20,21). The molecule has 1 aromatic carbocycles. The third-order valence-electron chi connectivity index (χ3n) is 3.31. The zero-order valence-corrected chi connectivity index (χ0v) is 12.0. The molecule has 0 aliphatic carbocycles. The molecule has 1 N–H and O–H groups in total. The van der Waals surface area contributed by atoms with Crippen molar-refractivity contribution in [2.24, 2.45) is 0 Å². The summed E-state index contributed by atoms with van der Waals surface area (Å²) in [7, 11) is 0. The summed E-state index contributed by atoms with van der Waals surface area (Å²) in [6.07, 6.45) is -3.80. The Labute approximate surface area is 120 Å². The van der Waals surface area contributed by atoms with E-state index in [2.05, 4.69) is 10.3 Å². The lowest BCUT2D eigenvalue weighted by Crippen LogP contribution is -2.14. The fraction of sp³-hybridized carbons (Fsp3) is 0.400. The van der Waals surface area contributed by atoms with Gasteiger partial charge in [0.15, 0.2) is 0 Å². The molecule has 1 heterocycles. The lowest BCUT2D eigenvalue weighted by Gasteiger charge is -2.18. The van der Waals surface area contributed by atoms with Gasteiger partial charge in [0.25, 0.3) is 0 Å². The molecule has 0 saturated carbocycles. The highest BCUT2D eigenvalue weighted by Gasteiger charge is 2.36. The van der Waals surface area contributed by atoms with Crippen molar-refractivity contribution in [3.05, 3.63) is 34.8 Å². The Hall–Kier alpha value is -1.85. The molecule has 2 nitrogen and oxygen atoms in total. The van der Waals surface area contributed by atoms with Crippen LogP contribution in [0.25, 0.3) is 10.9 Å². The van der Waals surface area contributed by atoms with E-state index in [1.54, 1.807) is 6.92 Å². The van der Waals surface area contributed by atoms with Crippen LogP contribution in [0.1, 0.15) is 30.2 Å². The molecule has 2 rings (SSSR count). The lowest BCUT2D eigenvalue weighted by molar-refractivity contribution is -0.141. The Bertz CT molecular complexity index is 678. The molecule has 0 saturated heterocycles. The van der Waals surface area contributed by atoms with Gasteiger partial charge in [0.05, 0.1) is 5.52 Å². The number of benzene rings is 1. The molecule has 0 atom stereocenters. The van der Waals surface area contributed by atoms with Crippen molar-refractivity contribution >= 4 is 16.6 Å². The van der Waals surface area contributed by atoms with E-state index in [1.165, 1.54) is 13.0 Å². The fourth-order valence-corrected chi connectivity index (χ4v) is 2.40. The molecule has 1 aromatic heterocycles. The van der Waals surface area contributed by atoms with Gasteiger partial charge in [0.2, 0.25) is 0 Å². The predicted octanol–water partition coefficient (Wildman–Crippen LogP) is 4.83. The highest BCUT2D eigenvalue weighted by atomic mass is 19.4. The molecule has 6 heteroatoms. The Kier molecular flexibility index (Phi) is 4.07. The second-order valence-electron chi connectivity index (χ2n) is 5.00. The smallest absolute Gasteiger partial charge is 0.384 e. The number of nitrogens with zero attached hydrogens (tertiary/aromatic N) is 1. The number of pyridine rings is 1. The van der Waals surface area contributed by atoms with Crippen molar-refractivity contribution in [1.82, 2.24) is 4.98 Å². The van der Waals surface area contributed by atoms with E-state index in [4.69, 9.17) is 0 Å². The lowest BCUT2D eigenvalue weighted by atomic mass is 10.0. The predicted molar refractivity (Wildman–Crippen MR) is 75.0 cm³/mol. The summed E-state index contributed by atoms with van der Waals surface area (Å²) in [6.45, 7) is 5.50. The first-order valence-corrected chi connectivity index (χ1v) is 6.67. The van der Waals surface area contributed by atoms with Gasteiger partial charge in [-0.3, -0.25) is 0 Å². The monoisotopic (exact) mass is 300 g/mol. The molecule has 0 aliphatic rings. The third-order valence-corrected chi connectivity index (χ3v) is 3.31. The number of hydrogen-bond acceptors (Lipinski definition) is 2. The number of nitrogens with one attached hydrogen (secondary N) is 1. The van der Waals surface area contributed by atoms with Crippen LogP contribution in [0.2, 0.25) is 0 Å². The van der Waals surface area contributed by atoms with Crippen LogP contribution in [-0.4, -0.2) is 11.5 Å². The van der Waals surface area contributed by atoms with Crippen molar-refractivity contribution in [2.45, 2.75) is 33.4 Å². The van der Waals surface area contributed by atoms with Gasteiger partial charge in [-0.25, -0.2) is 9.37 Å². The first-order chi connectivity index (χ1) is 9.75. The maximum Gasteiger partial charge on any atom is 0.433 e. The molecule has 2 aromatic rings. The van der Waals surface area contributed by atoms with E-state index in [9.17, 15) is 17.6 Å². The van der Waals surface area contributed by atoms with E-state index in [1.807, 2.05) is 6.92 Å². The first-order valence-electron chi connectivity index (χ1n) is 6.67. The minimum atomic E-state index is -4.57. The van der Waals surface area contributed by atoms with E-state index in [0.717, 1.165) is 12.5 Å². The minimum Gasteiger partial charge on any atom is -0.384 e. The second-order valence-corrected chi connectivity index (χ2v) is 5.00. The Balaban J connectivity index is 2.83. The van der Waals surface area contributed by atoms with Crippen LogP contribution in [0.15, 0.2) is 12.1 Å². The normalized spacial score (nSPS) is 12.0. The second kappa shape index (κ2) is 5.50. The van der Waals surface area contributed by atoms with Crippen LogP contribution in [0.3, 0.4) is 0 Å². The van der Waals surface area contributed by atoms with Gasteiger partial charge in [-0.2, -0.15) is 13.2 Å². The van der Waals surface area contributed by atoms with Crippen molar-refractivity contribution < 1.29 is 17.6 Å². The van der Waals surface area contributed by atoms with Crippen LogP contribution in [0.5, 0.6) is 0 Å². The number of rotatable bonds is 3. The largest absolute Gasteiger partial charge is 0.433 e. The molecular weight excluding hydrogens is 284 g/mol. The van der Waals surface area contributed by atoms with E-state index in [0.29, 0.717) is 23.2 Å². The highest BCUT2D eigenvalue weighted by molar-refractivity contribution is 5.96. The summed E-state index contributed by atoms with van der Waals surface area (Å²) in [6, 6.07) is 2.34. The average Bonchev–Trinajstić information content (AvgIpc) is 2.36. The first kappa shape index (κ1) is 15.5. The molecule has 0 fully saturated rings. The molecule has 21 heavy (non-hydrogen) atoms. The summed E-state index contributed by atoms with van der Waals surface area (Å²) < 4.78 is 52.8. The molecule has 0 radical (unpaired) electrons. The van der Waals surface area contributed by atoms with Gasteiger partial charge in [0.1, 0.15) is 11.5 Å². The highest BCUT2D eigenvalue weighted by Crippen LogP contribution is 2.38. The van der Waals surface area contributed by atoms with Crippen LogP contribution >= 0.6 is 0 Å². The SMILES string of the molecule is CCCNc1c(C)c(C(F)(F)F)nc2cc(F)cc(C)c12. The third kappa shape index (κ3) is 2.94. The van der Waals surface area contributed by atoms with E-state index in [-0.39, 0.29) is 11.1 Å². The molecule has 114 valence electrons. The number of aromatic nitrogens is 1. The van der Waals surface area contributed by atoms with Crippen molar-refractivity contribution in [2.75, 3.05) is 11.9 Å². The molecular formula is C15H16F4N2. The number of halogens is 4. The zero-order valence-electron chi connectivity index (χ0n) is 12.0. The Morgan fingerprint density at radius 2 is 1.86 bits per heavy atom. The van der Waals surface area contributed by atoms with Gasteiger partial charge in [0, 0.05) is 29.2 Å². The number of hydrogen-bond donors (Lipinski definition) is 1. The molecule has 0 amide bonds. The summed E-state index contributed by atoms with van der Waals surface area (Å²) in [5, 5.41) is 3.55. The minimum absolute atomic E-state index is 0.0176. The fourth-order valence-electron chi connectivity index (χ4n) is 2.40. The average molecular weight is 300 g/mol. The topological polar surface area (TPSA) is 24.9 Å². The quantitative estimate of drug-likeness (QED) is 0.821.